The van der Waals surface area contributed by atoms with Crippen molar-refractivity contribution in [1.29, 1.82) is 0 Å². The number of para-hydroxylation sites is 1. The van der Waals surface area contributed by atoms with Crippen LogP contribution in [-0.4, -0.2) is 58.1 Å². The van der Waals surface area contributed by atoms with Gasteiger partial charge in [0.15, 0.2) is 0 Å². The molecular weight excluding hydrogens is 440 g/mol. The monoisotopic (exact) mass is 464 g/mol. The molecule has 0 fully saturated rings. The Kier molecular flexibility index (Phi) is 7.07. The van der Waals surface area contributed by atoms with Crippen molar-refractivity contribution in [2.75, 3.05) is 47.9 Å². The van der Waals surface area contributed by atoms with Crippen LogP contribution in [0.1, 0.15) is 12.0 Å². The Hall–Kier alpha value is -2.78. The van der Waals surface area contributed by atoms with E-state index < -0.39 is 10.0 Å². The van der Waals surface area contributed by atoms with E-state index in [2.05, 4.69) is 10.0 Å². The second kappa shape index (κ2) is 9.57. The molecule has 10 heteroatoms. The average molecular weight is 465 g/mol. The number of hydrogen-bond donors (Lipinski definition) is 2. The number of hydrogen-bond acceptors (Lipinski definition) is 5. The molecule has 1 heterocycles. The van der Waals surface area contributed by atoms with E-state index in [0.29, 0.717) is 22.9 Å². The maximum atomic E-state index is 12.8. The Balaban J connectivity index is 1.65. The van der Waals surface area contributed by atoms with Gasteiger partial charge in [0, 0.05) is 19.3 Å². The Labute approximate surface area is 187 Å². The quantitative estimate of drug-likeness (QED) is 0.656. The minimum atomic E-state index is -3.40. The number of nitrogens with zero attached hydrogens (tertiary/aromatic N) is 2. The van der Waals surface area contributed by atoms with Crippen molar-refractivity contribution in [2.45, 2.75) is 12.8 Å². The van der Waals surface area contributed by atoms with Gasteiger partial charge in [-0.05, 0) is 42.7 Å². The zero-order valence-corrected chi connectivity index (χ0v) is 19.0. The normalized spacial score (nSPS) is 13.3. The summed E-state index contributed by atoms with van der Waals surface area (Å²) in [5.74, 6) is -0.564. The molecule has 0 spiro atoms. The number of nitrogens with one attached hydrogen (secondary N) is 2. The third-order valence-corrected chi connectivity index (χ3v) is 5.84. The Morgan fingerprint density at radius 2 is 1.84 bits per heavy atom. The molecule has 0 aliphatic carbocycles. The largest absolute Gasteiger partial charge is 0.362 e. The van der Waals surface area contributed by atoms with E-state index in [0.717, 1.165) is 30.3 Å². The van der Waals surface area contributed by atoms with Gasteiger partial charge < -0.3 is 15.1 Å². The van der Waals surface area contributed by atoms with Gasteiger partial charge in [-0.25, -0.2) is 8.42 Å². The summed E-state index contributed by atoms with van der Waals surface area (Å²) in [6, 6.07) is 12.2. The molecule has 166 valence electrons. The number of likely N-dealkylation sites (N-methyl/N-ethyl adjacent to an activating group) is 1. The number of halogens is 1. The topological polar surface area (TPSA) is 98.8 Å². The van der Waals surface area contributed by atoms with E-state index in [1.807, 2.05) is 11.0 Å². The van der Waals surface area contributed by atoms with Gasteiger partial charge in [0.05, 0.1) is 35.7 Å². The van der Waals surface area contributed by atoms with Crippen LogP contribution in [0.25, 0.3) is 0 Å². The van der Waals surface area contributed by atoms with Crippen LogP contribution in [0.4, 0.5) is 17.1 Å². The number of fused-ring (bicyclic) bond motifs is 1. The lowest BCUT2D eigenvalue weighted by Gasteiger charge is -2.33. The number of anilines is 3. The van der Waals surface area contributed by atoms with E-state index in [4.69, 9.17) is 11.6 Å². The Morgan fingerprint density at radius 1 is 1.13 bits per heavy atom. The fraction of sp³-hybridized carbons (Fsp3) is 0.333. The van der Waals surface area contributed by atoms with Crippen LogP contribution in [0.15, 0.2) is 42.5 Å². The third kappa shape index (κ3) is 6.11. The molecule has 0 unspecified atom stereocenters. The maximum absolute atomic E-state index is 12.8. The van der Waals surface area contributed by atoms with Crippen LogP contribution in [0, 0.1) is 0 Å². The van der Waals surface area contributed by atoms with Gasteiger partial charge in [0.25, 0.3) is 0 Å². The highest BCUT2D eigenvalue weighted by Gasteiger charge is 2.24. The predicted octanol–water partition coefficient (Wildman–Crippen LogP) is 2.56. The van der Waals surface area contributed by atoms with Crippen molar-refractivity contribution in [3.8, 4) is 0 Å². The molecule has 0 saturated heterocycles. The number of amides is 2. The number of benzene rings is 2. The standard InChI is InChI=1S/C21H25ClN4O4S/c1-25(13-20(27)23-18-9-4-3-8-16(18)22)21(28)14-26-12-6-7-15-17(24-31(2,29)30)10-5-11-19(15)26/h3-5,8-11,24H,6-7,12-14H2,1-2H3,(H,23,27). The van der Waals surface area contributed by atoms with Crippen LogP contribution in [0.5, 0.6) is 0 Å². The Bertz CT molecular complexity index is 1090. The minimum absolute atomic E-state index is 0.0885. The fourth-order valence-corrected chi connectivity index (χ4v) is 4.27. The summed E-state index contributed by atoms with van der Waals surface area (Å²) in [6.45, 7) is 0.645. The number of sulfonamides is 1. The van der Waals surface area contributed by atoms with Crippen molar-refractivity contribution in [1.82, 2.24) is 4.90 Å². The minimum Gasteiger partial charge on any atom is -0.362 e. The summed E-state index contributed by atoms with van der Waals surface area (Å²) >= 11 is 6.05. The summed E-state index contributed by atoms with van der Waals surface area (Å²) in [7, 11) is -1.83. The van der Waals surface area contributed by atoms with Crippen molar-refractivity contribution < 1.29 is 18.0 Å². The van der Waals surface area contributed by atoms with Gasteiger partial charge in [-0.3, -0.25) is 14.3 Å². The SMILES string of the molecule is CN(CC(=O)Nc1ccccc1Cl)C(=O)CN1CCCc2c(NS(C)(=O)=O)cccc21. The molecular formula is C21H25ClN4O4S. The van der Waals surface area contributed by atoms with Gasteiger partial charge in [0.1, 0.15) is 0 Å². The molecule has 2 N–H and O–H groups in total. The predicted molar refractivity (Wildman–Crippen MR) is 123 cm³/mol. The lowest BCUT2D eigenvalue weighted by Crippen LogP contribution is -2.43. The lowest BCUT2D eigenvalue weighted by atomic mass is 10.00. The first-order valence-corrected chi connectivity index (χ1v) is 12.0. The van der Waals surface area contributed by atoms with Gasteiger partial charge in [-0.15, -0.1) is 0 Å². The molecule has 2 amide bonds. The van der Waals surface area contributed by atoms with Gasteiger partial charge in [-0.1, -0.05) is 29.8 Å². The first-order chi connectivity index (χ1) is 14.6. The molecule has 3 rings (SSSR count). The third-order valence-electron chi connectivity index (χ3n) is 4.92. The van der Waals surface area contributed by atoms with Crippen molar-refractivity contribution in [3.63, 3.8) is 0 Å². The molecule has 31 heavy (non-hydrogen) atoms. The van der Waals surface area contributed by atoms with E-state index in [1.165, 1.54) is 4.90 Å². The van der Waals surface area contributed by atoms with Crippen LogP contribution >= 0.6 is 11.6 Å². The number of carbonyl (C=O) groups is 2. The fourth-order valence-electron chi connectivity index (χ4n) is 3.50. The van der Waals surface area contributed by atoms with Crippen molar-refractivity contribution in [3.05, 3.63) is 53.1 Å². The second-order valence-electron chi connectivity index (χ2n) is 7.48. The molecule has 8 nitrogen and oxygen atoms in total. The summed E-state index contributed by atoms with van der Waals surface area (Å²) in [4.78, 5) is 28.3. The molecule has 0 saturated carbocycles. The van der Waals surface area contributed by atoms with E-state index in [-0.39, 0.29) is 24.9 Å². The van der Waals surface area contributed by atoms with Crippen molar-refractivity contribution in [2.24, 2.45) is 0 Å². The van der Waals surface area contributed by atoms with Crippen LogP contribution in [0.3, 0.4) is 0 Å². The number of rotatable bonds is 7. The van der Waals surface area contributed by atoms with E-state index >= 15 is 0 Å². The molecule has 1 aliphatic rings. The highest BCUT2D eigenvalue weighted by atomic mass is 35.5. The maximum Gasteiger partial charge on any atom is 0.244 e. The first-order valence-electron chi connectivity index (χ1n) is 9.77. The average Bonchev–Trinajstić information content (AvgIpc) is 2.69. The molecule has 2 aromatic carbocycles. The summed E-state index contributed by atoms with van der Waals surface area (Å²) in [5, 5.41) is 3.13. The first kappa shape index (κ1) is 22.9. The van der Waals surface area contributed by atoms with E-state index in [9.17, 15) is 18.0 Å². The smallest absolute Gasteiger partial charge is 0.244 e. The van der Waals surface area contributed by atoms with Gasteiger partial charge in [-0.2, -0.15) is 0 Å². The van der Waals surface area contributed by atoms with Crippen LogP contribution in [-0.2, 0) is 26.0 Å². The summed E-state index contributed by atoms with van der Waals surface area (Å²) in [5.41, 5.74) is 2.71. The zero-order valence-electron chi connectivity index (χ0n) is 17.4. The number of carbonyl (C=O) groups excluding carboxylic acids is 2. The van der Waals surface area contributed by atoms with Crippen LogP contribution < -0.4 is 14.9 Å². The van der Waals surface area contributed by atoms with Crippen molar-refractivity contribution >= 4 is 50.5 Å². The molecule has 2 aromatic rings. The molecule has 0 aromatic heterocycles. The molecule has 0 radical (unpaired) electrons. The zero-order chi connectivity index (χ0) is 22.6. The highest BCUT2D eigenvalue weighted by Crippen LogP contribution is 2.33. The highest BCUT2D eigenvalue weighted by molar-refractivity contribution is 7.92. The molecule has 0 bridgehead atoms. The van der Waals surface area contributed by atoms with Crippen LogP contribution in [0.2, 0.25) is 5.02 Å². The molecule has 1 aliphatic heterocycles. The summed E-state index contributed by atoms with van der Waals surface area (Å²) in [6.07, 6.45) is 2.62. The lowest BCUT2D eigenvalue weighted by molar-refractivity contribution is -0.132. The summed E-state index contributed by atoms with van der Waals surface area (Å²) < 4.78 is 25.9. The molecule has 0 atom stereocenters. The Morgan fingerprint density at radius 3 is 2.55 bits per heavy atom. The second-order valence-corrected chi connectivity index (χ2v) is 9.64. The van der Waals surface area contributed by atoms with Gasteiger partial charge in [0.2, 0.25) is 21.8 Å². The van der Waals surface area contributed by atoms with E-state index in [1.54, 1.807) is 43.4 Å². The van der Waals surface area contributed by atoms with Gasteiger partial charge >= 0.3 is 0 Å².